The predicted octanol–water partition coefficient (Wildman–Crippen LogP) is 1.44. The van der Waals surface area contributed by atoms with E-state index in [1.54, 1.807) is 18.2 Å². The number of carboxylic acids is 1. The van der Waals surface area contributed by atoms with Crippen molar-refractivity contribution in [1.82, 2.24) is 5.32 Å². The summed E-state index contributed by atoms with van der Waals surface area (Å²) in [7, 11) is 0. The van der Waals surface area contributed by atoms with Gasteiger partial charge in [-0.25, -0.2) is 4.79 Å². The lowest BCUT2D eigenvalue weighted by Crippen LogP contribution is -2.40. The molecule has 0 aliphatic carbocycles. The third-order valence-corrected chi connectivity index (χ3v) is 2.99. The summed E-state index contributed by atoms with van der Waals surface area (Å²) < 4.78 is 10.8. The van der Waals surface area contributed by atoms with Crippen LogP contribution in [0.25, 0.3) is 0 Å². The van der Waals surface area contributed by atoms with E-state index in [1.807, 2.05) is 6.92 Å². The van der Waals surface area contributed by atoms with Crippen LogP contribution in [0.2, 0.25) is 0 Å². The highest BCUT2D eigenvalue weighted by molar-refractivity contribution is 5.97. The van der Waals surface area contributed by atoms with Gasteiger partial charge in [0.1, 0.15) is 19.3 Å². The number of carbonyl (C=O) groups is 2. The molecule has 1 amide bonds. The van der Waals surface area contributed by atoms with E-state index in [0.29, 0.717) is 43.1 Å². The minimum atomic E-state index is -1.03. The molecule has 0 radical (unpaired) electrons. The molecular formula is C14H17NO5. The van der Waals surface area contributed by atoms with Crippen LogP contribution in [0.1, 0.15) is 30.1 Å². The van der Waals surface area contributed by atoms with E-state index in [9.17, 15) is 9.59 Å². The standard InChI is InChI=1S/C14H17NO5/c1-2-3-10(14(17)18)15-13(16)9-4-5-11-12(8-9)20-7-6-19-11/h4-5,8,10H,2-3,6-7H2,1H3,(H,15,16)(H,17,18). The van der Waals surface area contributed by atoms with E-state index >= 15 is 0 Å². The molecule has 2 rings (SSSR count). The number of carboxylic acid groups (broad SMARTS) is 1. The largest absolute Gasteiger partial charge is 0.486 e. The highest BCUT2D eigenvalue weighted by atomic mass is 16.6. The van der Waals surface area contributed by atoms with Crippen molar-refractivity contribution in [1.29, 1.82) is 0 Å². The molecule has 0 bridgehead atoms. The number of nitrogens with one attached hydrogen (secondary N) is 1. The van der Waals surface area contributed by atoms with Gasteiger partial charge < -0.3 is 19.9 Å². The van der Waals surface area contributed by atoms with E-state index in [1.165, 1.54) is 0 Å². The van der Waals surface area contributed by atoms with Crippen LogP contribution < -0.4 is 14.8 Å². The Morgan fingerprint density at radius 1 is 1.30 bits per heavy atom. The van der Waals surface area contributed by atoms with Gasteiger partial charge in [0.05, 0.1) is 0 Å². The summed E-state index contributed by atoms with van der Waals surface area (Å²) in [6.45, 7) is 2.79. The molecule has 1 aromatic carbocycles. The van der Waals surface area contributed by atoms with Gasteiger partial charge in [0, 0.05) is 5.56 Å². The Morgan fingerprint density at radius 2 is 2.00 bits per heavy atom. The number of aliphatic carboxylic acids is 1. The lowest BCUT2D eigenvalue weighted by molar-refractivity contribution is -0.139. The topological polar surface area (TPSA) is 84.9 Å². The van der Waals surface area contributed by atoms with E-state index < -0.39 is 17.9 Å². The van der Waals surface area contributed by atoms with Crippen LogP contribution in [-0.4, -0.2) is 36.2 Å². The van der Waals surface area contributed by atoms with Gasteiger partial charge in [-0.05, 0) is 24.6 Å². The first-order valence-corrected chi connectivity index (χ1v) is 6.55. The molecule has 6 heteroatoms. The van der Waals surface area contributed by atoms with Crippen molar-refractivity contribution in [2.45, 2.75) is 25.8 Å². The van der Waals surface area contributed by atoms with Gasteiger partial charge in [0.15, 0.2) is 11.5 Å². The number of rotatable bonds is 5. The second kappa shape index (κ2) is 6.27. The summed E-state index contributed by atoms with van der Waals surface area (Å²) in [5.74, 6) is -0.358. The summed E-state index contributed by atoms with van der Waals surface area (Å²) in [5, 5.41) is 11.5. The van der Waals surface area contributed by atoms with Gasteiger partial charge >= 0.3 is 5.97 Å². The summed E-state index contributed by atoms with van der Waals surface area (Å²) in [6, 6.07) is 3.93. The molecular weight excluding hydrogens is 262 g/mol. The Bertz CT molecular complexity index is 514. The fraction of sp³-hybridized carbons (Fsp3) is 0.429. The Kier molecular flexibility index (Phi) is 4.45. The van der Waals surface area contributed by atoms with E-state index in [4.69, 9.17) is 14.6 Å². The van der Waals surface area contributed by atoms with Crippen LogP contribution in [0.3, 0.4) is 0 Å². The molecule has 0 saturated heterocycles. The fourth-order valence-corrected chi connectivity index (χ4v) is 1.97. The number of benzene rings is 1. The third kappa shape index (κ3) is 3.20. The molecule has 1 aromatic rings. The lowest BCUT2D eigenvalue weighted by Gasteiger charge is -2.19. The van der Waals surface area contributed by atoms with Gasteiger partial charge in [0.25, 0.3) is 5.91 Å². The summed E-state index contributed by atoms with van der Waals surface area (Å²) in [4.78, 5) is 23.1. The summed E-state index contributed by atoms with van der Waals surface area (Å²) in [5.41, 5.74) is 0.358. The molecule has 1 heterocycles. The average Bonchev–Trinajstić information content (AvgIpc) is 2.46. The molecule has 1 atom stereocenters. The van der Waals surface area contributed by atoms with Gasteiger partial charge in [0.2, 0.25) is 0 Å². The molecule has 0 saturated carbocycles. The average molecular weight is 279 g/mol. The van der Waals surface area contributed by atoms with Crippen molar-refractivity contribution >= 4 is 11.9 Å². The molecule has 2 N–H and O–H groups in total. The second-order valence-corrected chi connectivity index (χ2v) is 4.51. The molecule has 6 nitrogen and oxygen atoms in total. The summed E-state index contributed by atoms with van der Waals surface area (Å²) in [6.07, 6.45) is 1.07. The van der Waals surface area contributed by atoms with Crippen LogP contribution in [-0.2, 0) is 4.79 Å². The van der Waals surface area contributed by atoms with Crippen molar-refractivity contribution in [2.24, 2.45) is 0 Å². The maximum absolute atomic E-state index is 12.0. The minimum absolute atomic E-state index is 0.358. The van der Waals surface area contributed by atoms with Crippen molar-refractivity contribution in [3.8, 4) is 11.5 Å². The molecule has 108 valence electrons. The van der Waals surface area contributed by atoms with E-state index in [-0.39, 0.29) is 0 Å². The van der Waals surface area contributed by atoms with Crippen LogP contribution in [0.5, 0.6) is 11.5 Å². The Hall–Kier alpha value is -2.24. The fourth-order valence-electron chi connectivity index (χ4n) is 1.97. The first-order chi connectivity index (χ1) is 9.61. The molecule has 20 heavy (non-hydrogen) atoms. The van der Waals surface area contributed by atoms with Gasteiger partial charge in [-0.2, -0.15) is 0 Å². The smallest absolute Gasteiger partial charge is 0.326 e. The van der Waals surface area contributed by atoms with Crippen molar-refractivity contribution in [2.75, 3.05) is 13.2 Å². The van der Waals surface area contributed by atoms with E-state index in [2.05, 4.69) is 5.32 Å². The van der Waals surface area contributed by atoms with E-state index in [0.717, 1.165) is 0 Å². The number of ether oxygens (including phenoxy) is 2. The number of fused-ring (bicyclic) bond motifs is 1. The third-order valence-electron chi connectivity index (χ3n) is 2.99. The van der Waals surface area contributed by atoms with Gasteiger partial charge in [-0.15, -0.1) is 0 Å². The highest BCUT2D eigenvalue weighted by Crippen LogP contribution is 2.30. The normalized spacial score (nSPS) is 14.4. The second-order valence-electron chi connectivity index (χ2n) is 4.51. The maximum atomic E-state index is 12.0. The molecule has 1 unspecified atom stereocenters. The Balaban J connectivity index is 2.10. The molecule has 1 aliphatic rings. The van der Waals surface area contributed by atoms with Crippen LogP contribution in [0.15, 0.2) is 18.2 Å². The van der Waals surface area contributed by atoms with Crippen LogP contribution in [0, 0.1) is 0 Å². The first-order valence-electron chi connectivity index (χ1n) is 6.55. The van der Waals surface area contributed by atoms with Crippen molar-refractivity contribution in [3.05, 3.63) is 23.8 Å². The van der Waals surface area contributed by atoms with Crippen LogP contribution in [0.4, 0.5) is 0 Å². The minimum Gasteiger partial charge on any atom is -0.486 e. The number of hydrogen-bond acceptors (Lipinski definition) is 4. The zero-order valence-electron chi connectivity index (χ0n) is 11.2. The zero-order valence-corrected chi connectivity index (χ0v) is 11.2. The molecule has 0 spiro atoms. The summed E-state index contributed by atoms with van der Waals surface area (Å²) >= 11 is 0. The highest BCUT2D eigenvalue weighted by Gasteiger charge is 2.21. The Morgan fingerprint density at radius 3 is 2.65 bits per heavy atom. The number of carbonyl (C=O) groups excluding carboxylic acids is 1. The van der Waals surface area contributed by atoms with Crippen LogP contribution >= 0.6 is 0 Å². The molecule has 0 fully saturated rings. The molecule has 0 aromatic heterocycles. The van der Waals surface area contributed by atoms with Crippen molar-refractivity contribution < 1.29 is 24.2 Å². The quantitative estimate of drug-likeness (QED) is 0.852. The van der Waals surface area contributed by atoms with Crippen molar-refractivity contribution in [3.63, 3.8) is 0 Å². The maximum Gasteiger partial charge on any atom is 0.326 e. The van der Waals surface area contributed by atoms with Gasteiger partial charge in [-0.1, -0.05) is 13.3 Å². The SMILES string of the molecule is CCCC(NC(=O)c1ccc2c(c1)OCCO2)C(=O)O. The van der Waals surface area contributed by atoms with Gasteiger partial charge in [-0.3, -0.25) is 4.79 Å². The predicted molar refractivity (Wildman–Crippen MR) is 71.2 cm³/mol. The number of amides is 1. The Labute approximate surface area is 116 Å². The zero-order chi connectivity index (χ0) is 14.5. The monoisotopic (exact) mass is 279 g/mol. The molecule has 1 aliphatic heterocycles. The lowest BCUT2D eigenvalue weighted by atomic mass is 10.1. The first kappa shape index (κ1) is 14.2. The number of hydrogen-bond donors (Lipinski definition) is 2.